The zero-order chi connectivity index (χ0) is 17.4. The first-order chi connectivity index (χ1) is 11.4. The predicted octanol–water partition coefficient (Wildman–Crippen LogP) is 1.37. The second kappa shape index (κ2) is 6.06. The Balaban J connectivity index is 1.80. The van der Waals surface area contributed by atoms with E-state index < -0.39 is 0 Å². The van der Waals surface area contributed by atoms with Gasteiger partial charge in [-0.2, -0.15) is 5.10 Å². The summed E-state index contributed by atoms with van der Waals surface area (Å²) in [6.07, 6.45) is 0. The summed E-state index contributed by atoms with van der Waals surface area (Å²) < 4.78 is 1.60. The molecule has 9 nitrogen and oxygen atoms in total. The van der Waals surface area contributed by atoms with Crippen molar-refractivity contribution in [2.75, 3.05) is 36.0 Å². The Hall–Kier alpha value is -2.71. The molecule has 0 N–H and O–H groups in total. The summed E-state index contributed by atoms with van der Waals surface area (Å²) in [6, 6.07) is 1.97. The highest BCUT2D eigenvalue weighted by Crippen LogP contribution is 2.31. The van der Waals surface area contributed by atoms with Gasteiger partial charge < -0.3 is 9.80 Å². The first-order valence-electron chi connectivity index (χ1n) is 7.87. The van der Waals surface area contributed by atoms with Gasteiger partial charge in [0.05, 0.1) is 4.92 Å². The SMILES string of the molecule is Cc1cc(N2CCN(c3c([N+](=O)[O-])c(C)nn3C)CC2)nc(C)n1. The van der Waals surface area contributed by atoms with Crippen LogP contribution in [0.4, 0.5) is 17.3 Å². The number of rotatable bonds is 3. The molecule has 1 aliphatic rings. The van der Waals surface area contributed by atoms with Crippen molar-refractivity contribution >= 4 is 17.3 Å². The van der Waals surface area contributed by atoms with Crippen LogP contribution in [0.2, 0.25) is 0 Å². The van der Waals surface area contributed by atoms with Gasteiger partial charge in [-0.15, -0.1) is 0 Å². The highest BCUT2D eigenvalue weighted by molar-refractivity contribution is 5.62. The van der Waals surface area contributed by atoms with E-state index in [1.54, 1.807) is 18.7 Å². The maximum atomic E-state index is 11.4. The number of aromatic nitrogens is 4. The quantitative estimate of drug-likeness (QED) is 0.619. The Morgan fingerprint density at radius 2 is 1.71 bits per heavy atom. The number of hydrogen-bond donors (Lipinski definition) is 0. The highest BCUT2D eigenvalue weighted by atomic mass is 16.6. The van der Waals surface area contributed by atoms with Crippen molar-refractivity contribution < 1.29 is 4.92 Å². The van der Waals surface area contributed by atoms with Crippen LogP contribution in [0.5, 0.6) is 0 Å². The van der Waals surface area contributed by atoms with Gasteiger partial charge in [0, 0.05) is 45.0 Å². The van der Waals surface area contributed by atoms with E-state index in [9.17, 15) is 10.1 Å². The summed E-state index contributed by atoms with van der Waals surface area (Å²) in [5.74, 6) is 2.24. The molecule has 3 heterocycles. The van der Waals surface area contributed by atoms with E-state index in [0.29, 0.717) is 24.6 Å². The van der Waals surface area contributed by atoms with E-state index >= 15 is 0 Å². The van der Waals surface area contributed by atoms with Crippen molar-refractivity contribution in [2.24, 2.45) is 7.05 Å². The summed E-state index contributed by atoms with van der Waals surface area (Å²) in [5, 5.41) is 15.6. The smallest absolute Gasteiger partial charge is 0.333 e. The van der Waals surface area contributed by atoms with Crippen LogP contribution in [0.1, 0.15) is 17.2 Å². The Labute approximate surface area is 140 Å². The number of nitro groups is 1. The summed E-state index contributed by atoms with van der Waals surface area (Å²) in [4.78, 5) is 24.0. The first-order valence-corrected chi connectivity index (χ1v) is 7.87. The number of piperazine rings is 1. The topological polar surface area (TPSA) is 93.2 Å². The molecule has 0 amide bonds. The minimum absolute atomic E-state index is 0.0969. The minimum atomic E-state index is -0.346. The molecule has 0 saturated carbocycles. The van der Waals surface area contributed by atoms with Crippen molar-refractivity contribution in [1.82, 2.24) is 19.7 Å². The molecular weight excluding hydrogens is 310 g/mol. The normalized spacial score (nSPS) is 15.0. The van der Waals surface area contributed by atoms with Crippen LogP contribution in [-0.2, 0) is 7.05 Å². The van der Waals surface area contributed by atoms with E-state index in [1.165, 1.54) is 0 Å². The van der Waals surface area contributed by atoms with Crippen LogP contribution >= 0.6 is 0 Å². The molecule has 128 valence electrons. The molecule has 0 bridgehead atoms. The van der Waals surface area contributed by atoms with E-state index in [-0.39, 0.29) is 10.6 Å². The van der Waals surface area contributed by atoms with E-state index in [2.05, 4.69) is 20.0 Å². The summed E-state index contributed by atoms with van der Waals surface area (Å²) >= 11 is 0. The van der Waals surface area contributed by atoms with Gasteiger partial charge in [-0.25, -0.2) is 14.6 Å². The van der Waals surface area contributed by atoms with Crippen molar-refractivity contribution in [2.45, 2.75) is 20.8 Å². The Bertz CT molecular complexity index is 758. The fourth-order valence-electron chi connectivity index (χ4n) is 3.21. The van der Waals surface area contributed by atoms with Crippen LogP contribution in [0.3, 0.4) is 0 Å². The van der Waals surface area contributed by atoms with Gasteiger partial charge in [0.2, 0.25) is 5.82 Å². The number of nitrogens with zero attached hydrogens (tertiary/aromatic N) is 7. The van der Waals surface area contributed by atoms with E-state index in [1.807, 2.05) is 24.8 Å². The van der Waals surface area contributed by atoms with Gasteiger partial charge in [0.15, 0.2) is 0 Å². The third-order valence-electron chi connectivity index (χ3n) is 4.20. The lowest BCUT2D eigenvalue weighted by atomic mass is 10.2. The highest BCUT2D eigenvalue weighted by Gasteiger charge is 2.30. The fraction of sp³-hybridized carbons (Fsp3) is 0.533. The number of anilines is 2. The second-order valence-corrected chi connectivity index (χ2v) is 6.03. The molecular formula is C15H21N7O2. The molecule has 2 aromatic heterocycles. The fourth-order valence-corrected chi connectivity index (χ4v) is 3.21. The molecule has 1 aliphatic heterocycles. The maximum absolute atomic E-state index is 11.4. The first kappa shape index (κ1) is 16.2. The predicted molar refractivity (Wildman–Crippen MR) is 90.5 cm³/mol. The number of hydrogen-bond acceptors (Lipinski definition) is 7. The van der Waals surface area contributed by atoms with E-state index in [4.69, 9.17) is 0 Å². The molecule has 2 aromatic rings. The molecule has 0 aliphatic carbocycles. The van der Waals surface area contributed by atoms with Crippen LogP contribution in [-0.4, -0.2) is 50.9 Å². The van der Waals surface area contributed by atoms with Gasteiger partial charge in [-0.1, -0.05) is 0 Å². The van der Waals surface area contributed by atoms with E-state index in [0.717, 1.165) is 30.4 Å². The van der Waals surface area contributed by atoms with Crippen LogP contribution in [0.15, 0.2) is 6.07 Å². The minimum Gasteiger partial charge on any atom is -0.353 e. The lowest BCUT2D eigenvalue weighted by Crippen LogP contribution is -2.47. The van der Waals surface area contributed by atoms with Crippen LogP contribution < -0.4 is 9.80 Å². The molecule has 0 aromatic carbocycles. The van der Waals surface area contributed by atoms with Crippen molar-refractivity contribution in [3.05, 3.63) is 33.4 Å². The standard InChI is InChI=1S/C15H21N7O2/c1-10-9-13(17-12(3)16-10)20-5-7-21(8-6-20)15-14(22(23)24)11(2)18-19(15)4/h9H,5-8H2,1-4H3. The van der Waals surface area contributed by atoms with Gasteiger partial charge in [0.1, 0.15) is 17.3 Å². The maximum Gasteiger partial charge on any atom is 0.333 e. The summed E-state index contributed by atoms with van der Waals surface area (Å²) in [5.41, 5.74) is 1.49. The van der Waals surface area contributed by atoms with Gasteiger partial charge in [-0.3, -0.25) is 10.1 Å². The average Bonchev–Trinajstić information content (AvgIpc) is 2.81. The Morgan fingerprint density at radius 1 is 1.08 bits per heavy atom. The van der Waals surface area contributed by atoms with Gasteiger partial charge in [-0.05, 0) is 20.8 Å². The monoisotopic (exact) mass is 331 g/mol. The molecule has 1 saturated heterocycles. The Morgan fingerprint density at radius 3 is 2.29 bits per heavy atom. The molecule has 0 radical (unpaired) electrons. The molecule has 3 rings (SSSR count). The lowest BCUT2D eigenvalue weighted by molar-refractivity contribution is -0.384. The molecule has 0 unspecified atom stereocenters. The average molecular weight is 331 g/mol. The second-order valence-electron chi connectivity index (χ2n) is 6.03. The molecule has 1 fully saturated rings. The molecule has 0 spiro atoms. The van der Waals surface area contributed by atoms with Crippen molar-refractivity contribution in [1.29, 1.82) is 0 Å². The van der Waals surface area contributed by atoms with Crippen LogP contribution in [0, 0.1) is 30.9 Å². The molecule has 24 heavy (non-hydrogen) atoms. The third-order valence-corrected chi connectivity index (χ3v) is 4.20. The largest absolute Gasteiger partial charge is 0.353 e. The molecule has 0 atom stereocenters. The Kier molecular flexibility index (Phi) is 4.08. The third kappa shape index (κ3) is 2.89. The van der Waals surface area contributed by atoms with Gasteiger partial charge in [0.25, 0.3) is 0 Å². The number of aryl methyl sites for hydroxylation is 4. The summed E-state index contributed by atoms with van der Waals surface area (Å²) in [6.45, 7) is 8.37. The van der Waals surface area contributed by atoms with Gasteiger partial charge >= 0.3 is 5.69 Å². The van der Waals surface area contributed by atoms with Crippen molar-refractivity contribution in [3.8, 4) is 0 Å². The van der Waals surface area contributed by atoms with Crippen molar-refractivity contribution in [3.63, 3.8) is 0 Å². The molecule has 9 heteroatoms. The zero-order valence-electron chi connectivity index (χ0n) is 14.4. The zero-order valence-corrected chi connectivity index (χ0v) is 14.4. The van der Waals surface area contributed by atoms with Crippen LogP contribution in [0.25, 0.3) is 0 Å². The summed E-state index contributed by atoms with van der Waals surface area (Å²) in [7, 11) is 1.75. The lowest BCUT2D eigenvalue weighted by Gasteiger charge is -2.36.